The number of fused-ring (bicyclic) bond motifs is 1. The number of aromatic hydroxyl groups is 5. The van der Waals surface area contributed by atoms with Crippen molar-refractivity contribution >= 4 is 18.1 Å². The van der Waals surface area contributed by atoms with Crippen LogP contribution in [0.25, 0.3) is 12.2 Å². The Bertz CT molecular complexity index is 1670. The highest BCUT2D eigenvalue weighted by molar-refractivity contribution is 5.87. The summed E-state index contributed by atoms with van der Waals surface area (Å²) < 4.78 is 33.4. The molecule has 3 aromatic rings. The summed E-state index contributed by atoms with van der Waals surface area (Å²) in [7, 11) is 2.64. The number of esters is 1. The predicted molar refractivity (Wildman–Crippen MR) is 160 cm³/mol. The van der Waals surface area contributed by atoms with E-state index in [2.05, 4.69) is 0 Å². The maximum Gasteiger partial charge on any atom is 0.330 e. The lowest BCUT2D eigenvalue weighted by molar-refractivity contribution is -0.294. The smallest absolute Gasteiger partial charge is 0.330 e. The lowest BCUT2D eigenvalue weighted by Gasteiger charge is -2.41. The molecule has 5 rings (SSSR count). The van der Waals surface area contributed by atoms with Crippen LogP contribution in [0.4, 0.5) is 0 Å². The molecule has 15 heteroatoms. The lowest BCUT2D eigenvalue weighted by atomic mass is 9.98. The van der Waals surface area contributed by atoms with Crippen LogP contribution in [-0.4, -0.2) is 98.4 Å². The van der Waals surface area contributed by atoms with Crippen LogP contribution >= 0.6 is 0 Å². The number of carbonyl (C=O) groups is 1. The molecule has 0 spiro atoms. The molecule has 0 aromatic heterocycles. The number of hydrogen-bond donors (Lipinski definition) is 8. The Labute approximate surface area is 266 Å². The zero-order chi connectivity index (χ0) is 34.0. The number of methoxy groups -OCH3 is 2. The maximum atomic E-state index is 12.4. The summed E-state index contributed by atoms with van der Waals surface area (Å²) in [5, 5.41) is 82.0. The predicted octanol–water partition coefficient (Wildman–Crippen LogP) is 1.79. The first-order chi connectivity index (χ1) is 22.4. The summed E-state index contributed by atoms with van der Waals surface area (Å²) in [4.78, 5) is 12.4. The lowest BCUT2D eigenvalue weighted by Crippen LogP contribution is -2.59. The molecule has 0 saturated carbocycles. The highest BCUT2D eigenvalue weighted by Gasteiger charge is 2.46. The minimum absolute atomic E-state index is 0.0116. The zero-order valence-corrected chi connectivity index (χ0v) is 24.9. The zero-order valence-electron chi connectivity index (χ0n) is 24.9. The fraction of sp³-hybridized carbons (Fsp3) is 0.281. The average Bonchev–Trinajstić information content (AvgIpc) is 3.05. The molecule has 0 radical (unpaired) electrons. The Morgan fingerprint density at radius 1 is 0.851 bits per heavy atom. The summed E-state index contributed by atoms with van der Waals surface area (Å²) >= 11 is 0. The molecule has 0 bridgehead atoms. The van der Waals surface area contributed by atoms with E-state index in [4.69, 9.17) is 28.4 Å². The van der Waals surface area contributed by atoms with E-state index in [0.717, 1.165) is 12.1 Å². The van der Waals surface area contributed by atoms with Crippen molar-refractivity contribution in [3.63, 3.8) is 0 Å². The number of carbonyl (C=O) groups excluding carboxylic acids is 1. The van der Waals surface area contributed by atoms with Crippen LogP contribution in [-0.2, 0) is 19.0 Å². The van der Waals surface area contributed by atoms with Gasteiger partial charge in [0.05, 0.1) is 19.8 Å². The van der Waals surface area contributed by atoms with Crippen molar-refractivity contribution in [2.45, 2.75) is 36.8 Å². The van der Waals surface area contributed by atoms with E-state index >= 15 is 0 Å². The molecule has 2 aliphatic rings. The number of benzene rings is 3. The molecule has 1 fully saturated rings. The summed E-state index contributed by atoms with van der Waals surface area (Å²) in [6, 6.07) is 9.04. The van der Waals surface area contributed by atoms with E-state index in [-0.39, 0.29) is 57.3 Å². The van der Waals surface area contributed by atoms with Gasteiger partial charge in [0.25, 0.3) is 0 Å². The number of rotatable bonds is 9. The molecule has 2 heterocycles. The molecule has 0 amide bonds. The average molecular weight is 657 g/mol. The Balaban J connectivity index is 1.39. The van der Waals surface area contributed by atoms with E-state index in [1.54, 1.807) is 0 Å². The number of phenols is 5. The number of phenolic OH excluding ortho intramolecular Hbond substituents is 5. The third-order valence-corrected chi connectivity index (χ3v) is 7.42. The summed E-state index contributed by atoms with van der Waals surface area (Å²) in [5.74, 6) is -2.58. The van der Waals surface area contributed by atoms with Gasteiger partial charge in [0.1, 0.15) is 54.0 Å². The van der Waals surface area contributed by atoms with Gasteiger partial charge in [-0.05, 0) is 42.0 Å². The molecule has 15 nitrogen and oxygen atoms in total. The molecule has 3 aromatic carbocycles. The summed E-state index contributed by atoms with van der Waals surface area (Å²) in [6.45, 7) is -0.580. The minimum atomic E-state index is -1.82. The van der Waals surface area contributed by atoms with Gasteiger partial charge in [-0.1, -0.05) is 6.07 Å². The van der Waals surface area contributed by atoms with E-state index < -0.39 is 49.4 Å². The van der Waals surface area contributed by atoms with Gasteiger partial charge < -0.3 is 69.3 Å². The Morgan fingerprint density at radius 3 is 2.21 bits per heavy atom. The summed E-state index contributed by atoms with van der Waals surface area (Å²) in [6.07, 6.45) is -5.91. The molecule has 0 aliphatic carbocycles. The van der Waals surface area contributed by atoms with E-state index in [9.17, 15) is 45.6 Å². The highest BCUT2D eigenvalue weighted by Crippen LogP contribution is 2.47. The maximum absolute atomic E-state index is 12.4. The fourth-order valence-electron chi connectivity index (χ4n) is 4.94. The Morgan fingerprint density at radius 2 is 1.55 bits per heavy atom. The van der Waals surface area contributed by atoms with Crippen molar-refractivity contribution in [2.75, 3.05) is 20.8 Å². The van der Waals surface area contributed by atoms with Crippen molar-refractivity contribution in [1.29, 1.82) is 0 Å². The van der Waals surface area contributed by atoms with E-state index in [1.165, 1.54) is 62.8 Å². The van der Waals surface area contributed by atoms with Crippen molar-refractivity contribution in [1.82, 2.24) is 0 Å². The Kier molecular flexibility index (Phi) is 9.53. The van der Waals surface area contributed by atoms with Gasteiger partial charge in [-0.15, -0.1) is 0 Å². The molecule has 8 N–H and O–H groups in total. The Hall–Kier alpha value is -5.35. The molecule has 6 atom stereocenters. The van der Waals surface area contributed by atoms with Gasteiger partial charge in [-0.2, -0.15) is 0 Å². The quantitative estimate of drug-likeness (QED) is 0.0931. The molecular weight excluding hydrogens is 624 g/mol. The second-order valence-electron chi connectivity index (χ2n) is 10.5. The third kappa shape index (κ3) is 6.92. The second-order valence-corrected chi connectivity index (χ2v) is 10.5. The van der Waals surface area contributed by atoms with Crippen LogP contribution in [0.1, 0.15) is 22.8 Å². The van der Waals surface area contributed by atoms with Gasteiger partial charge in [0, 0.05) is 23.8 Å². The molecular formula is C32H32O15. The van der Waals surface area contributed by atoms with Crippen LogP contribution in [0.3, 0.4) is 0 Å². The van der Waals surface area contributed by atoms with Gasteiger partial charge in [0.15, 0.2) is 29.1 Å². The number of aliphatic hydroxyl groups is 3. The number of hydrogen-bond acceptors (Lipinski definition) is 15. The third-order valence-electron chi connectivity index (χ3n) is 7.42. The van der Waals surface area contributed by atoms with Gasteiger partial charge in [0.2, 0.25) is 12.0 Å². The standard InChI is InChI=1S/C32H32O15/c1-42-22-8-15(9-23(43-2)27(22)38)31-24(12-17-19(35)10-16(33)11-21(17)45-31)46-32-30(41)29(40)28(39)25(47-32)13-44-26(37)6-4-14-3-5-18(34)20(36)7-14/h3-12,25,28-36,38-41H,13H2,1-2H3/b6-4+/t25-,28-,29+,30-,31?,32-/m1/s1. The molecule has 1 unspecified atom stereocenters. The monoisotopic (exact) mass is 656 g/mol. The first kappa shape index (κ1) is 33.0. The van der Waals surface area contributed by atoms with Crippen molar-refractivity contribution in [3.05, 3.63) is 71.0 Å². The van der Waals surface area contributed by atoms with E-state index in [1.807, 2.05) is 0 Å². The normalized spacial score (nSPS) is 23.7. The first-order valence-corrected chi connectivity index (χ1v) is 14.0. The van der Waals surface area contributed by atoms with Gasteiger partial charge >= 0.3 is 5.97 Å². The van der Waals surface area contributed by atoms with Crippen LogP contribution < -0.4 is 14.2 Å². The molecule has 2 aliphatic heterocycles. The topological polar surface area (TPSA) is 234 Å². The molecule has 47 heavy (non-hydrogen) atoms. The second kappa shape index (κ2) is 13.6. The SMILES string of the molecule is COc1cc(C2Oc3cc(O)cc(O)c3C=C2O[C@@H]2O[C@H](COC(=O)/C=C/c3ccc(O)c(O)c3)[C@@H](O)[C@H](O)[C@H]2O)cc(OC)c1O. The van der Waals surface area contributed by atoms with Gasteiger partial charge in [-0.3, -0.25) is 0 Å². The molecule has 1 saturated heterocycles. The largest absolute Gasteiger partial charge is 0.508 e. The number of aliphatic hydroxyl groups excluding tert-OH is 3. The first-order valence-electron chi connectivity index (χ1n) is 14.0. The van der Waals surface area contributed by atoms with Crippen molar-refractivity contribution in [3.8, 4) is 46.0 Å². The van der Waals surface area contributed by atoms with Crippen LogP contribution in [0.2, 0.25) is 0 Å². The van der Waals surface area contributed by atoms with Crippen molar-refractivity contribution in [2.24, 2.45) is 0 Å². The van der Waals surface area contributed by atoms with Crippen LogP contribution in [0.5, 0.6) is 46.0 Å². The minimum Gasteiger partial charge on any atom is -0.508 e. The van der Waals surface area contributed by atoms with E-state index in [0.29, 0.717) is 11.1 Å². The van der Waals surface area contributed by atoms with Crippen LogP contribution in [0.15, 0.2) is 54.3 Å². The molecule has 250 valence electrons. The fourth-order valence-corrected chi connectivity index (χ4v) is 4.94. The van der Waals surface area contributed by atoms with Crippen LogP contribution in [0, 0.1) is 0 Å². The number of ether oxygens (including phenoxy) is 6. The highest BCUT2D eigenvalue weighted by atomic mass is 16.7. The van der Waals surface area contributed by atoms with Gasteiger partial charge in [-0.25, -0.2) is 4.79 Å². The van der Waals surface area contributed by atoms with Crippen molar-refractivity contribution < 1.29 is 74.1 Å². The summed E-state index contributed by atoms with van der Waals surface area (Å²) in [5.41, 5.74) is 0.764.